The summed E-state index contributed by atoms with van der Waals surface area (Å²) in [5.41, 5.74) is 2.39. The normalized spacial score (nSPS) is 11.7. The quantitative estimate of drug-likeness (QED) is 0.614. The summed E-state index contributed by atoms with van der Waals surface area (Å²) in [6, 6.07) is 17.9. The molecular formula is C23H30N2O2S. The molecule has 4 nitrogen and oxygen atoms in total. The fourth-order valence-corrected chi connectivity index (χ4v) is 3.77. The average molecular weight is 399 g/mol. The Bertz CT molecular complexity index is 747. The maximum atomic E-state index is 12.9. The summed E-state index contributed by atoms with van der Waals surface area (Å²) in [6.45, 7) is 6.86. The van der Waals surface area contributed by atoms with Gasteiger partial charge in [-0.25, -0.2) is 0 Å². The molecule has 0 unspecified atom stereocenters. The van der Waals surface area contributed by atoms with Crippen molar-refractivity contribution in [2.24, 2.45) is 0 Å². The van der Waals surface area contributed by atoms with E-state index in [0.717, 1.165) is 16.9 Å². The molecule has 0 saturated carbocycles. The minimum Gasteiger partial charge on any atom is -0.355 e. The highest BCUT2D eigenvalue weighted by atomic mass is 32.2. The molecule has 0 aliphatic rings. The first-order valence-corrected chi connectivity index (χ1v) is 10.8. The Kier molecular flexibility index (Phi) is 9.08. The van der Waals surface area contributed by atoms with Crippen molar-refractivity contribution in [1.29, 1.82) is 0 Å². The first-order chi connectivity index (χ1) is 13.5. The van der Waals surface area contributed by atoms with Gasteiger partial charge < -0.3 is 10.2 Å². The fourth-order valence-electron chi connectivity index (χ4n) is 2.93. The lowest BCUT2D eigenvalue weighted by molar-refractivity contribution is -0.139. The average Bonchev–Trinajstić information content (AvgIpc) is 2.70. The lowest BCUT2D eigenvalue weighted by atomic mass is 10.1. The largest absolute Gasteiger partial charge is 0.355 e. The Morgan fingerprint density at radius 3 is 2.39 bits per heavy atom. The van der Waals surface area contributed by atoms with Crippen LogP contribution in [0.2, 0.25) is 0 Å². The third kappa shape index (κ3) is 7.04. The summed E-state index contributed by atoms with van der Waals surface area (Å²) >= 11 is 1.67. The van der Waals surface area contributed by atoms with E-state index >= 15 is 0 Å². The zero-order valence-electron chi connectivity index (χ0n) is 17.0. The van der Waals surface area contributed by atoms with Crippen molar-refractivity contribution in [1.82, 2.24) is 10.2 Å². The lowest BCUT2D eigenvalue weighted by Gasteiger charge is -2.28. The highest BCUT2D eigenvalue weighted by Crippen LogP contribution is 2.20. The van der Waals surface area contributed by atoms with Crippen LogP contribution in [0.4, 0.5) is 0 Å². The molecule has 1 atom stereocenters. The number of likely N-dealkylation sites (N-methyl/N-ethyl adjacent to an activating group) is 1. The van der Waals surface area contributed by atoms with Crippen LogP contribution in [-0.4, -0.2) is 41.6 Å². The van der Waals surface area contributed by atoms with E-state index < -0.39 is 6.04 Å². The lowest BCUT2D eigenvalue weighted by Crippen LogP contribution is -2.48. The molecule has 0 heterocycles. The minimum atomic E-state index is -0.472. The maximum Gasteiger partial charge on any atom is 0.242 e. The molecular weight excluding hydrogens is 368 g/mol. The number of hydrogen-bond donors (Lipinski definition) is 1. The van der Waals surface area contributed by atoms with E-state index in [2.05, 4.69) is 36.5 Å². The zero-order chi connectivity index (χ0) is 20.4. The van der Waals surface area contributed by atoms with Crippen molar-refractivity contribution in [3.05, 3.63) is 65.7 Å². The van der Waals surface area contributed by atoms with Crippen LogP contribution in [0.1, 0.15) is 31.4 Å². The Morgan fingerprint density at radius 2 is 1.75 bits per heavy atom. The molecule has 0 spiro atoms. The zero-order valence-corrected chi connectivity index (χ0v) is 17.8. The predicted molar refractivity (Wildman–Crippen MR) is 117 cm³/mol. The molecule has 0 saturated heterocycles. The molecule has 5 heteroatoms. The van der Waals surface area contributed by atoms with Gasteiger partial charge in [-0.1, -0.05) is 48.0 Å². The number of aryl methyl sites for hydroxylation is 1. The van der Waals surface area contributed by atoms with Crippen molar-refractivity contribution in [3.63, 3.8) is 0 Å². The molecule has 150 valence electrons. The minimum absolute atomic E-state index is 0.0225. The van der Waals surface area contributed by atoms with Gasteiger partial charge in [0.25, 0.3) is 0 Å². The van der Waals surface area contributed by atoms with Crippen LogP contribution in [0.3, 0.4) is 0 Å². The molecule has 0 aliphatic carbocycles. The molecule has 0 bridgehead atoms. The monoisotopic (exact) mass is 398 g/mol. The van der Waals surface area contributed by atoms with E-state index in [9.17, 15) is 9.59 Å². The molecule has 2 rings (SSSR count). The van der Waals surface area contributed by atoms with Gasteiger partial charge in [-0.2, -0.15) is 0 Å². The summed E-state index contributed by atoms with van der Waals surface area (Å²) in [6.07, 6.45) is 1.15. The summed E-state index contributed by atoms with van der Waals surface area (Å²) in [5.74, 6) is 0.621. The van der Waals surface area contributed by atoms with Gasteiger partial charge in [-0.15, -0.1) is 11.8 Å². The van der Waals surface area contributed by atoms with Gasteiger partial charge in [0, 0.05) is 30.2 Å². The summed E-state index contributed by atoms with van der Waals surface area (Å²) in [4.78, 5) is 28.1. The first-order valence-electron chi connectivity index (χ1n) is 9.81. The number of thioether (sulfide) groups is 1. The maximum absolute atomic E-state index is 12.9. The Labute approximate surface area is 172 Å². The van der Waals surface area contributed by atoms with E-state index in [1.165, 1.54) is 5.56 Å². The van der Waals surface area contributed by atoms with Gasteiger partial charge in [0.1, 0.15) is 6.04 Å². The van der Waals surface area contributed by atoms with E-state index in [4.69, 9.17) is 0 Å². The van der Waals surface area contributed by atoms with Crippen molar-refractivity contribution in [3.8, 4) is 0 Å². The van der Waals surface area contributed by atoms with E-state index in [0.29, 0.717) is 25.3 Å². The summed E-state index contributed by atoms with van der Waals surface area (Å²) in [7, 11) is 0. The van der Waals surface area contributed by atoms with Gasteiger partial charge in [-0.05, 0) is 44.9 Å². The topological polar surface area (TPSA) is 49.4 Å². The molecule has 2 aromatic carbocycles. The van der Waals surface area contributed by atoms with Crippen LogP contribution < -0.4 is 5.32 Å². The van der Waals surface area contributed by atoms with Gasteiger partial charge in [0.05, 0.1) is 0 Å². The van der Waals surface area contributed by atoms with Gasteiger partial charge in [0.2, 0.25) is 11.8 Å². The molecule has 0 aliphatic heterocycles. The first kappa shape index (κ1) is 22.0. The Hall–Kier alpha value is -2.27. The van der Waals surface area contributed by atoms with E-state index in [-0.39, 0.29) is 11.8 Å². The standard InChI is InChI=1S/C23H30N2O2S/c1-4-24-23(27)19(3)25(16-14-20-8-6-5-7-9-20)22(26)15-17-28-21-12-10-18(2)11-13-21/h5-13,19H,4,14-17H2,1-3H3,(H,24,27)/t19-/m1/s1. The third-order valence-corrected chi connectivity index (χ3v) is 5.62. The molecule has 2 amide bonds. The number of carbonyl (C=O) groups excluding carboxylic acids is 2. The number of nitrogens with one attached hydrogen (secondary N) is 1. The van der Waals surface area contributed by atoms with Crippen molar-refractivity contribution < 1.29 is 9.59 Å². The van der Waals surface area contributed by atoms with Crippen LogP contribution in [0.5, 0.6) is 0 Å². The molecule has 0 radical (unpaired) electrons. The van der Waals surface area contributed by atoms with Gasteiger partial charge in [0.15, 0.2) is 0 Å². The third-order valence-electron chi connectivity index (χ3n) is 4.61. The second kappa shape index (κ2) is 11.5. The Balaban J connectivity index is 1.96. The van der Waals surface area contributed by atoms with Crippen LogP contribution in [0.25, 0.3) is 0 Å². The molecule has 2 aromatic rings. The van der Waals surface area contributed by atoms with Crippen LogP contribution in [-0.2, 0) is 16.0 Å². The molecule has 0 aromatic heterocycles. The fraction of sp³-hybridized carbons (Fsp3) is 0.391. The van der Waals surface area contributed by atoms with Gasteiger partial charge in [-0.3, -0.25) is 9.59 Å². The second-order valence-electron chi connectivity index (χ2n) is 6.80. The Morgan fingerprint density at radius 1 is 1.07 bits per heavy atom. The van der Waals surface area contributed by atoms with Crippen LogP contribution in [0.15, 0.2) is 59.5 Å². The highest BCUT2D eigenvalue weighted by Gasteiger charge is 2.25. The highest BCUT2D eigenvalue weighted by molar-refractivity contribution is 7.99. The molecule has 1 N–H and O–H groups in total. The predicted octanol–water partition coefficient (Wildman–Crippen LogP) is 4.07. The van der Waals surface area contributed by atoms with Crippen molar-refractivity contribution >= 4 is 23.6 Å². The van der Waals surface area contributed by atoms with Gasteiger partial charge >= 0.3 is 0 Å². The number of carbonyl (C=O) groups is 2. The summed E-state index contributed by atoms with van der Waals surface area (Å²) < 4.78 is 0. The number of amides is 2. The molecule has 0 fully saturated rings. The number of hydrogen-bond acceptors (Lipinski definition) is 3. The number of rotatable bonds is 10. The number of benzene rings is 2. The SMILES string of the molecule is CCNC(=O)[C@@H](C)N(CCc1ccccc1)C(=O)CCSc1ccc(C)cc1. The number of nitrogens with zero attached hydrogens (tertiary/aromatic N) is 1. The van der Waals surface area contributed by atoms with Crippen molar-refractivity contribution in [2.45, 2.75) is 44.6 Å². The van der Waals surface area contributed by atoms with Crippen LogP contribution >= 0.6 is 11.8 Å². The van der Waals surface area contributed by atoms with Crippen molar-refractivity contribution in [2.75, 3.05) is 18.8 Å². The summed E-state index contributed by atoms with van der Waals surface area (Å²) in [5, 5.41) is 2.83. The van der Waals surface area contributed by atoms with Crippen LogP contribution in [0, 0.1) is 6.92 Å². The van der Waals surface area contributed by atoms with E-state index in [1.54, 1.807) is 23.6 Å². The van der Waals surface area contributed by atoms with E-state index in [1.807, 2.05) is 37.3 Å². The second-order valence-corrected chi connectivity index (χ2v) is 7.97. The molecule has 28 heavy (non-hydrogen) atoms. The smallest absolute Gasteiger partial charge is 0.242 e.